The lowest BCUT2D eigenvalue weighted by atomic mass is 9.94. The molecule has 2 amide bonds. The van der Waals surface area contributed by atoms with Crippen molar-refractivity contribution in [2.75, 3.05) is 7.11 Å². The molecule has 1 aliphatic rings. The van der Waals surface area contributed by atoms with Crippen molar-refractivity contribution in [3.63, 3.8) is 0 Å². The third kappa shape index (κ3) is 6.04. The lowest BCUT2D eigenvalue weighted by molar-refractivity contribution is -0.127. The number of nitrogens with zero attached hydrogens (tertiary/aromatic N) is 2. The number of benzene rings is 2. The van der Waals surface area contributed by atoms with Crippen LogP contribution in [0.25, 0.3) is 0 Å². The molecule has 0 aliphatic heterocycles. The average Bonchev–Trinajstić information content (AvgIpc) is 2.90. The first-order valence-electron chi connectivity index (χ1n) is 12.0. The molecule has 7 heteroatoms. The number of hydrogen-bond acceptors (Lipinski definition) is 4. The van der Waals surface area contributed by atoms with E-state index in [9.17, 15) is 9.59 Å². The van der Waals surface area contributed by atoms with Crippen molar-refractivity contribution in [2.45, 2.75) is 50.7 Å². The molecule has 1 aromatic heterocycles. The maximum absolute atomic E-state index is 15.1. The number of carbonyl (C=O) groups is 2. The molecule has 0 saturated heterocycles. The summed E-state index contributed by atoms with van der Waals surface area (Å²) < 4.78 is 20.3. The molecule has 0 bridgehead atoms. The lowest BCUT2D eigenvalue weighted by Gasteiger charge is -2.33. The van der Waals surface area contributed by atoms with E-state index in [-0.39, 0.29) is 29.8 Å². The number of carbonyl (C=O) groups excluding carboxylic acids is 2. The van der Waals surface area contributed by atoms with Crippen molar-refractivity contribution < 1.29 is 18.7 Å². The minimum atomic E-state index is -1.16. The van der Waals surface area contributed by atoms with Crippen molar-refractivity contribution in [3.05, 3.63) is 95.6 Å². The van der Waals surface area contributed by atoms with Crippen molar-refractivity contribution in [3.8, 4) is 5.75 Å². The number of aromatic nitrogens is 1. The summed E-state index contributed by atoms with van der Waals surface area (Å²) in [6, 6.07) is 17.2. The summed E-state index contributed by atoms with van der Waals surface area (Å²) in [4.78, 5) is 33.1. The molecule has 35 heavy (non-hydrogen) atoms. The number of hydrogen-bond donors (Lipinski definition) is 1. The molecule has 1 saturated carbocycles. The van der Waals surface area contributed by atoms with Crippen LogP contribution in [0.15, 0.2) is 72.9 Å². The van der Waals surface area contributed by atoms with Crippen LogP contribution in [0.1, 0.15) is 59.8 Å². The van der Waals surface area contributed by atoms with Gasteiger partial charge in [0.25, 0.3) is 5.91 Å². The van der Waals surface area contributed by atoms with Gasteiger partial charge in [0.15, 0.2) is 0 Å². The molecule has 1 unspecified atom stereocenters. The molecular weight excluding hydrogens is 445 g/mol. The fraction of sp³-hybridized carbons (Fsp3) is 0.321. The Labute approximate surface area is 205 Å². The van der Waals surface area contributed by atoms with Crippen LogP contribution in [0, 0.1) is 5.82 Å². The Morgan fingerprint density at radius 2 is 1.74 bits per heavy atom. The van der Waals surface area contributed by atoms with Gasteiger partial charge in [0, 0.05) is 24.3 Å². The van der Waals surface area contributed by atoms with E-state index in [1.54, 1.807) is 55.6 Å². The van der Waals surface area contributed by atoms with Crippen LogP contribution in [0.4, 0.5) is 4.39 Å². The third-order valence-corrected chi connectivity index (χ3v) is 6.37. The quantitative estimate of drug-likeness (QED) is 0.494. The molecule has 0 spiro atoms. The van der Waals surface area contributed by atoms with Crippen molar-refractivity contribution in [1.29, 1.82) is 0 Å². The summed E-state index contributed by atoms with van der Waals surface area (Å²) in [5.74, 6) is -0.699. The molecule has 1 N–H and O–H groups in total. The Morgan fingerprint density at radius 1 is 1.03 bits per heavy atom. The predicted octanol–water partition coefficient (Wildman–Crippen LogP) is 5.06. The van der Waals surface area contributed by atoms with Crippen LogP contribution in [0.2, 0.25) is 0 Å². The highest BCUT2D eigenvalue weighted by Crippen LogP contribution is 2.29. The fourth-order valence-electron chi connectivity index (χ4n) is 4.52. The summed E-state index contributed by atoms with van der Waals surface area (Å²) in [6.45, 7) is 0.0937. The second kappa shape index (κ2) is 11.6. The van der Waals surface area contributed by atoms with Gasteiger partial charge in [-0.3, -0.25) is 14.6 Å². The zero-order chi connectivity index (χ0) is 24.6. The first kappa shape index (κ1) is 24.4. The van der Waals surface area contributed by atoms with E-state index in [2.05, 4.69) is 10.3 Å². The van der Waals surface area contributed by atoms with Gasteiger partial charge in [0.1, 0.15) is 23.3 Å². The van der Waals surface area contributed by atoms with Gasteiger partial charge in [-0.15, -0.1) is 0 Å². The lowest BCUT2D eigenvalue weighted by Crippen LogP contribution is -2.47. The van der Waals surface area contributed by atoms with Gasteiger partial charge in [-0.05, 0) is 48.7 Å². The smallest absolute Gasteiger partial charge is 0.273 e. The van der Waals surface area contributed by atoms with Gasteiger partial charge in [0.2, 0.25) is 5.91 Å². The van der Waals surface area contributed by atoms with E-state index in [1.807, 2.05) is 12.1 Å². The van der Waals surface area contributed by atoms with Crippen molar-refractivity contribution >= 4 is 11.8 Å². The topological polar surface area (TPSA) is 71.5 Å². The zero-order valence-corrected chi connectivity index (χ0v) is 19.8. The Balaban J connectivity index is 1.74. The Kier molecular flexibility index (Phi) is 8.08. The van der Waals surface area contributed by atoms with Crippen LogP contribution < -0.4 is 10.1 Å². The number of ether oxygens (including phenoxy) is 1. The maximum Gasteiger partial charge on any atom is 0.273 e. The van der Waals surface area contributed by atoms with Crippen LogP contribution in [-0.4, -0.2) is 34.8 Å². The van der Waals surface area contributed by atoms with Crippen LogP contribution in [0.3, 0.4) is 0 Å². The number of pyridine rings is 1. The number of nitrogens with one attached hydrogen (secondary N) is 1. The molecular formula is C28H30FN3O3. The largest absolute Gasteiger partial charge is 0.497 e. The first-order chi connectivity index (χ1) is 17.1. The summed E-state index contributed by atoms with van der Waals surface area (Å²) in [5.41, 5.74) is 1.12. The predicted molar refractivity (Wildman–Crippen MR) is 131 cm³/mol. The second-order valence-electron chi connectivity index (χ2n) is 8.76. The monoisotopic (exact) mass is 475 g/mol. The molecule has 182 valence electrons. The second-order valence-corrected chi connectivity index (χ2v) is 8.76. The standard InChI is InChI=1S/C28H30FN3O3/c1-35-22-16-14-20(15-17-22)19-32(28(34)25-13-7-8-18-30-25)26(23-11-5-6-12-24(23)29)27(33)31-21-9-3-2-4-10-21/h5-8,11-18,21,26H,2-4,9-10,19H2,1H3,(H,31,33). The highest BCUT2D eigenvalue weighted by Gasteiger charge is 2.35. The molecule has 1 atom stereocenters. The van der Waals surface area contributed by atoms with E-state index in [0.29, 0.717) is 5.75 Å². The fourth-order valence-corrected chi connectivity index (χ4v) is 4.52. The van der Waals surface area contributed by atoms with E-state index >= 15 is 4.39 Å². The zero-order valence-electron chi connectivity index (χ0n) is 19.8. The Morgan fingerprint density at radius 3 is 2.40 bits per heavy atom. The first-order valence-corrected chi connectivity index (χ1v) is 12.0. The van der Waals surface area contributed by atoms with Crippen molar-refractivity contribution in [2.24, 2.45) is 0 Å². The Bertz CT molecular complexity index is 1130. The van der Waals surface area contributed by atoms with E-state index in [4.69, 9.17) is 4.74 Å². The molecule has 2 aromatic carbocycles. The SMILES string of the molecule is COc1ccc(CN(C(=O)c2ccccn2)C(C(=O)NC2CCCCC2)c2ccccc2F)cc1. The number of halogens is 1. The van der Waals surface area contributed by atoms with Gasteiger partial charge in [-0.25, -0.2) is 4.39 Å². The number of rotatable bonds is 8. The van der Waals surface area contributed by atoms with E-state index in [0.717, 1.165) is 37.7 Å². The maximum atomic E-state index is 15.1. The molecule has 1 aliphatic carbocycles. The van der Waals surface area contributed by atoms with Gasteiger partial charge in [-0.2, -0.15) is 0 Å². The van der Waals surface area contributed by atoms with Gasteiger partial charge in [0.05, 0.1) is 7.11 Å². The molecule has 3 aromatic rings. The molecule has 6 nitrogen and oxygen atoms in total. The molecule has 1 fully saturated rings. The third-order valence-electron chi connectivity index (χ3n) is 6.37. The minimum absolute atomic E-state index is 0.0123. The van der Waals surface area contributed by atoms with Gasteiger partial charge >= 0.3 is 0 Å². The van der Waals surface area contributed by atoms with E-state index in [1.165, 1.54) is 17.2 Å². The van der Waals surface area contributed by atoms with Crippen LogP contribution in [-0.2, 0) is 11.3 Å². The van der Waals surface area contributed by atoms with Gasteiger partial charge < -0.3 is 15.0 Å². The average molecular weight is 476 g/mol. The highest BCUT2D eigenvalue weighted by atomic mass is 19.1. The molecule has 1 heterocycles. The summed E-state index contributed by atoms with van der Waals surface area (Å²) in [7, 11) is 1.58. The van der Waals surface area contributed by atoms with Gasteiger partial charge in [-0.1, -0.05) is 55.7 Å². The van der Waals surface area contributed by atoms with Crippen LogP contribution in [0.5, 0.6) is 5.75 Å². The molecule has 4 rings (SSSR count). The summed E-state index contributed by atoms with van der Waals surface area (Å²) in [5, 5.41) is 3.10. The minimum Gasteiger partial charge on any atom is -0.497 e. The normalized spacial score (nSPS) is 14.7. The molecule has 0 radical (unpaired) electrons. The van der Waals surface area contributed by atoms with Crippen molar-refractivity contribution in [1.82, 2.24) is 15.2 Å². The number of methoxy groups -OCH3 is 1. The summed E-state index contributed by atoms with van der Waals surface area (Å²) in [6.07, 6.45) is 6.50. The number of amides is 2. The van der Waals surface area contributed by atoms with E-state index < -0.39 is 17.8 Å². The Hall–Kier alpha value is -3.74. The van der Waals surface area contributed by atoms with Crippen LogP contribution >= 0.6 is 0 Å². The summed E-state index contributed by atoms with van der Waals surface area (Å²) >= 11 is 0. The highest BCUT2D eigenvalue weighted by molar-refractivity contribution is 5.96.